The quantitative estimate of drug-likeness (QED) is 0.895. The molecule has 0 aliphatic heterocycles. The van der Waals surface area contributed by atoms with Gasteiger partial charge in [0.25, 0.3) is 5.91 Å². The SMILES string of the molecule is CCc1cc2c([nH]1)CCC[C@@H]2C(=O)n1nc2c(c1N)CCCC2. The minimum Gasteiger partial charge on any atom is -0.383 e. The summed E-state index contributed by atoms with van der Waals surface area (Å²) in [5, 5.41) is 4.56. The van der Waals surface area contributed by atoms with Gasteiger partial charge < -0.3 is 10.7 Å². The number of anilines is 1. The molecule has 1 atom stereocenters. The summed E-state index contributed by atoms with van der Waals surface area (Å²) >= 11 is 0. The molecule has 4 rings (SSSR count). The molecule has 0 aromatic carbocycles. The van der Waals surface area contributed by atoms with Gasteiger partial charge in [0, 0.05) is 17.0 Å². The first kappa shape index (κ1) is 14.5. The highest BCUT2D eigenvalue weighted by Gasteiger charge is 2.32. The fourth-order valence-corrected chi connectivity index (χ4v) is 4.07. The van der Waals surface area contributed by atoms with Crippen molar-refractivity contribution in [2.24, 2.45) is 0 Å². The molecular weight excluding hydrogens is 288 g/mol. The highest BCUT2D eigenvalue weighted by atomic mass is 16.2. The predicted molar refractivity (Wildman–Crippen MR) is 89.8 cm³/mol. The Labute approximate surface area is 136 Å². The molecule has 122 valence electrons. The Kier molecular flexibility index (Phi) is 3.51. The minimum atomic E-state index is -0.112. The molecule has 5 heteroatoms. The molecule has 2 aromatic rings. The van der Waals surface area contributed by atoms with Crippen molar-refractivity contribution in [3.8, 4) is 0 Å². The van der Waals surface area contributed by atoms with Crippen LogP contribution in [0.2, 0.25) is 0 Å². The van der Waals surface area contributed by atoms with Crippen molar-refractivity contribution < 1.29 is 4.79 Å². The maximum atomic E-state index is 13.1. The zero-order valence-electron chi connectivity index (χ0n) is 13.7. The predicted octanol–water partition coefficient (Wildman–Crippen LogP) is 2.99. The first-order chi connectivity index (χ1) is 11.2. The summed E-state index contributed by atoms with van der Waals surface area (Å²) in [6.07, 6.45) is 8.10. The number of H-pyrrole nitrogens is 1. The Hall–Kier alpha value is -2.04. The summed E-state index contributed by atoms with van der Waals surface area (Å²) in [4.78, 5) is 16.6. The fraction of sp³-hybridized carbons (Fsp3) is 0.556. The van der Waals surface area contributed by atoms with Gasteiger partial charge in [-0.2, -0.15) is 9.78 Å². The van der Waals surface area contributed by atoms with E-state index in [-0.39, 0.29) is 11.8 Å². The molecule has 0 radical (unpaired) electrons. The van der Waals surface area contributed by atoms with Crippen molar-refractivity contribution in [1.29, 1.82) is 0 Å². The van der Waals surface area contributed by atoms with Crippen LogP contribution in [0.25, 0.3) is 0 Å². The number of carbonyl (C=O) groups is 1. The first-order valence-electron chi connectivity index (χ1n) is 8.80. The normalized spacial score (nSPS) is 20.1. The Balaban J connectivity index is 1.71. The van der Waals surface area contributed by atoms with Gasteiger partial charge in [-0.15, -0.1) is 0 Å². The number of fused-ring (bicyclic) bond motifs is 2. The van der Waals surface area contributed by atoms with Gasteiger partial charge in [-0.1, -0.05) is 6.92 Å². The number of carbonyl (C=O) groups excluding carboxylic acids is 1. The van der Waals surface area contributed by atoms with Crippen molar-refractivity contribution >= 4 is 11.7 Å². The average Bonchev–Trinajstić information content (AvgIpc) is 3.15. The lowest BCUT2D eigenvalue weighted by atomic mass is 9.86. The Morgan fingerprint density at radius 2 is 2.17 bits per heavy atom. The van der Waals surface area contributed by atoms with Crippen LogP contribution in [-0.4, -0.2) is 20.7 Å². The van der Waals surface area contributed by atoms with Crippen LogP contribution in [0.15, 0.2) is 6.07 Å². The molecule has 0 fully saturated rings. The number of nitrogens with zero attached hydrogens (tertiary/aromatic N) is 2. The number of hydrogen-bond donors (Lipinski definition) is 2. The second kappa shape index (κ2) is 5.55. The fourth-order valence-electron chi connectivity index (χ4n) is 4.07. The number of nitrogens with two attached hydrogens (primary N) is 1. The van der Waals surface area contributed by atoms with E-state index >= 15 is 0 Å². The third-order valence-electron chi connectivity index (χ3n) is 5.37. The van der Waals surface area contributed by atoms with Crippen molar-refractivity contribution in [2.45, 2.75) is 64.2 Å². The molecular formula is C18H24N4O. The van der Waals surface area contributed by atoms with Crippen LogP contribution in [0, 0.1) is 0 Å². The van der Waals surface area contributed by atoms with E-state index in [4.69, 9.17) is 5.73 Å². The summed E-state index contributed by atoms with van der Waals surface area (Å²) in [6, 6.07) is 2.16. The lowest BCUT2D eigenvalue weighted by molar-refractivity contribution is 0.0854. The van der Waals surface area contributed by atoms with Gasteiger partial charge in [-0.25, -0.2) is 0 Å². The largest absolute Gasteiger partial charge is 0.383 e. The summed E-state index contributed by atoms with van der Waals surface area (Å²) in [7, 11) is 0. The zero-order valence-corrected chi connectivity index (χ0v) is 13.7. The zero-order chi connectivity index (χ0) is 16.0. The highest BCUT2D eigenvalue weighted by molar-refractivity contribution is 5.88. The van der Waals surface area contributed by atoms with Crippen molar-refractivity contribution in [1.82, 2.24) is 14.8 Å². The lowest BCUT2D eigenvalue weighted by Crippen LogP contribution is -2.25. The van der Waals surface area contributed by atoms with E-state index in [1.165, 1.54) is 16.1 Å². The standard InChI is InChI=1S/C18H24N4O/c1-2-11-10-14-12(7-5-9-15(14)20-11)18(23)22-17(19)13-6-3-4-8-16(13)21-22/h10,12,20H,2-9,19H2,1H3/t12-/m0/s1. The third kappa shape index (κ3) is 2.30. The molecule has 3 N–H and O–H groups in total. The van der Waals surface area contributed by atoms with Gasteiger partial charge in [-0.3, -0.25) is 4.79 Å². The summed E-state index contributed by atoms with van der Waals surface area (Å²) in [6.45, 7) is 2.13. The maximum Gasteiger partial charge on any atom is 0.256 e. The second-order valence-corrected chi connectivity index (χ2v) is 6.79. The van der Waals surface area contributed by atoms with Gasteiger partial charge in [0.05, 0.1) is 11.6 Å². The molecule has 0 saturated heterocycles. The van der Waals surface area contributed by atoms with Crippen molar-refractivity contribution in [3.05, 3.63) is 34.3 Å². The number of aromatic nitrogens is 3. The molecule has 0 amide bonds. The summed E-state index contributed by atoms with van der Waals surface area (Å²) in [5.41, 5.74) is 12.0. The van der Waals surface area contributed by atoms with Crippen LogP contribution in [-0.2, 0) is 25.7 Å². The van der Waals surface area contributed by atoms with Crippen molar-refractivity contribution in [3.63, 3.8) is 0 Å². The monoisotopic (exact) mass is 312 g/mol. The van der Waals surface area contributed by atoms with E-state index in [1.54, 1.807) is 0 Å². The van der Waals surface area contributed by atoms with E-state index in [2.05, 4.69) is 23.1 Å². The van der Waals surface area contributed by atoms with Crippen LogP contribution in [0.4, 0.5) is 5.82 Å². The van der Waals surface area contributed by atoms with Gasteiger partial charge in [0.1, 0.15) is 5.82 Å². The van der Waals surface area contributed by atoms with E-state index in [9.17, 15) is 4.79 Å². The minimum absolute atomic E-state index is 0.0412. The molecule has 0 bridgehead atoms. The molecule has 5 nitrogen and oxygen atoms in total. The average molecular weight is 312 g/mol. The number of hydrogen-bond acceptors (Lipinski definition) is 3. The smallest absolute Gasteiger partial charge is 0.256 e. The van der Waals surface area contributed by atoms with E-state index in [0.717, 1.165) is 68.2 Å². The second-order valence-electron chi connectivity index (χ2n) is 6.79. The molecule has 0 unspecified atom stereocenters. The first-order valence-corrected chi connectivity index (χ1v) is 8.80. The molecule has 2 heterocycles. The van der Waals surface area contributed by atoms with Crippen LogP contribution in [0.1, 0.15) is 71.5 Å². The molecule has 0 saturated carbocycles. The van der Waals surface area contributed by atoms with Gasteiger partial charge in [-0.05, 0) is 63.0 Å². The van der Waals surface area contributed by atoms with E-state index < -0.39 is 0 Å². The lowest BCUT2D eigenvalue weighted by Gasteiger charge is -2.21. The number of aromatic amines is 1. The maximum absolute atomic E-state index is 13.1. The highest BCUT2D eigenvalue weighted by Crippen LogP contribution is 2.35. The summed E-state index contributed by atoms with van der Waals surface area (Å²) < 4.78 is 1.49. The van der Waals surface area contributed by atoms with Crippen LogP contribution >= 0.6 is 0 Å². The van der Waals surface area contributed by atoms with Crippen molar-refractivity contribution in [2.75, 3.05) is 5.73 Å². The topological polar surface area (TPSA) is 76.7 Å². The van der Waals surface area contributed by atoms with Crippen LogP contribution < -0.4 is 5.73 Å². The molecule has 23 heavy (non-hydrogen) atoms. The van der Waals surface area contributed by atoms with Gasteiger partial charge >= 0.3 is 0 Å². The third-order valence-corrected chi connectivity index (χ3v) is 5.37. The number of aryl methyl sites for hydroxylation is 3. The van der Waals surface area contributed by atoms with E-state index in [1.807, 2.05) is 0 Å². The number of nitrogen functional groups attached to an aromatic ring is 1. The molecule has 2 aliphatic carbocycles. The van der Waals surface area contributed by atoms with Crippen LogP contribution in [0.3, 0.4) is 0 Å². The molecule has 2 aromatic heterocycles. The van der Waals surface area contributed by atoms with Gasteiger partial charge in [0.2, 0.25) is 0 Å². The Bertz CT molecular complexity index is 755. The Morgan fingerprint density at radius 1 is 1.35 bits per heavy atom. The summed E-state index contributed by atoms with van der Waals surface area (Å²) in [5.74, 6) is 0.501. The van der Waals surface area contributed by atoms with E-state index in [0.29, 0.717) is 5.82 Å². The number of nitrogens with one attached hydrogen (secondary N) is 1. The number of rotatable bonds is 2. The molecule has 2 aliphatic rings. The Morgan fingerprint density at radius 3 is 2.96 bits per heavy atom. The van der Waals surface area contributed by atoms with Gasteiger partial charge in [0.15, 0.2) is 0 Å². The molecule has 0 spiro atoms. The van der Waals surface area contributed by atoms with Crippen LogP contribution in [0.5, 0.6) is 0 Å².